The van der Waals surface area contributed by atoms with E-state index in [4.69, 9.17) is 0 Å². The lowest BCUT2D eigenvalue weighted by Gasteiger charge is -2.69. The highest BCUT2D eigenvalue weighted by Crippen LogP contribution is 2.73. The molecule has 5 fully saturated rings. The normalized spacial score (nSPS) is 57.3. The van der Waals surface area contributed by atoms with Gasteiger partial charge < -0.3 is 5.11 Å². The van der Waals surface area contributed by atoms with Gasteiger partial charge in [-0.25, -0.2) is 0 Å². The van der Waals surface area contributed by atoms with E-state index < -0.39 is 0 Å². The molecule has 0 aromatic heterocycles. The average molecular weight is 415 g/mol. The fourth-order valence-electron chi connectivity index (χ4n) is 11.4. The van der Waals surface area contributed by atoms with Crippen LogP contribution in [0.2, 0.25) is 0 Å². The fraction of sp³-hybridized carbons (Fsp3) is 1.00. The molecule has 0 amide bonds. The van der Waals surface area contributed by atoms with Crippen LogP contribution in [0.1, 0.15) is 113 Å². The van der Waals surface area contributed by atoms with Crippen LogP contribution in [0.5, 0.6) is 0 Å². The summed E-state index contributed by atoms with van der Waals surface area (Å²) in [6.45, 7) is 17.9. The Morgan fingerprint density at radius 2 is 1.37 bits per heavy atom. The molecular weight excluding hydrogens is 364 g/mol. The summed E-state index contributed by atoms with van der Waals surface area (Å²) < 4.78 is 0. The third-order valence-electron chi connectivity index (χ3n) is 12.9. The van der Waals surface area contributed by atoms with Crippen LogP contribution in [-0.4, -0.2) is 11.2 Å². The standard InChI is InChI=1S/C29H50O/c1-18(2)19-10-14-27(5)15-11-21-20(25(19)27)8-9-23-28(21,6)16-12-22-26(3,4)24(30)13-17-29(22,23)7/h18-25,30H,8-17H2,1-7H3/t19-,20?,21?,22?,23?,24-,25?,27+,28-,29-/m0/s1. The average Bonchev–Trinajstić information content (AvgIpc) is 3.03. The monoisotopic (exact) mass is 414 g/mol. The molecule has 0 aliphatic heterocycles. The second-order valence-corrected chi connectivity index (χ2v) is 14.5. The van der Waals surface area contributed by atoms with Crippen LogP contribution in [0.3, 0.4) is 0 Å². The van der Waals surface area contributed by atoms with Gasteiger partial charge in [0.25, 0.3) is 0 Å². The van der Waals surface area contributed by atoms with Crippen molar-refractivity contribution >= 4 is 0 Å². The van der Waals surface area contributed by atoms with Gasteiger partial charge in [-0.3, -0.25) is 0 Å². The van der Waals surface area contributed by atoms with Crippen molar-refractivity contribution in [1.29, 1.82) is 0 Å². The Kier molecular flexibility index (Phi) is 4.89. The molecule has 0 heterocycles. The Bertz CT molecular complexity index is 680. The van der Waals surface area contributed by atoms with Crippen LogP contribution in [0.4, 0.5) is 0 Å². The molecule has 10 atom stereocenters. The third kappa shape index (κ3) is 2.69. The minimum absolute atomic E-state index is 0.0878. The van der Waals surface area contributed by atoms with E-state index in [0.717, 1.165) is 41.9 Å². The first-order valence-corrected chi connectivity index (χ1v) is 13.6. The highest BCUT2D eigenvalue weighted by atomic mass is 16.3. The van der Waals surface area contributed by atoms with E-state index in [0.29, 0.717) is 22.2 Å². The molecule has 172 valence electrons. The summed E-state index contributed by atoms with van der Waals surface area (Å²) in [4.78, 5) is 0. The molecule has 5 unspecified atom stereocenters. The minimum Gasteiger partial charge on any atom is -0.393 e. The van der Waals surface area contributed by atoms with Gasteiger partial charge in [-0.05, 0) is 127 Å². The van der Waals surface area contributed by atoms with Gasteiger partial charge in [0.05, 0.1) is 6.10 Å². The van der Waals surface area contributed by atoms with Crippen molar-refractivity contribution in [3.63, 3.8) is 0 Å². The molecule has 0 aromatic rings. The summed E-state index contributed by atoms with van der Waals surface area (Å²) in [5.41, 5.74) is 1.70. The molecule has 5 rings (SSSR count). The SMILES string of the molecule is CC(C)[C@@H]1CC[C@]2(C)CCC3C(CCC4[C@@]3(C)CCC3C(C)(C)[C@@H](O)CC[C@@]34C)C12. The Morgan fingerprint density at radius 1 is 0.700 bits per heavy atom. The molecular formula is C29H50O. The van der Waals surface area contributed by atoms with Gasteiger partial charge in [0.1, 0.15) is 0 Å². The summed E-state index contributed by atoms with van der Waals surface area (Å²) in [5.74, 6) is 6.34. The maximum Gasteiger partial charge on any atom is 0.0594 e. The lowest BCUT2D eigenvalue weighted by molar-refractivity contribution is -0.216. The van der Waals surface area contributed by atoms with Gasteiger partial charge in [0.2, 0.25) is 0 Å². The summed E-state index contributed by atoms with van der Waals surface area (Å²) in [5, 5.41) is 10.9. The van der Waals surface area contributed by atoms with E-state index >= 15 is 0 Å². The van der Waals surface area contributed by atoms with Crippen molar-refractivity contribution < 1.29 is 5.11 Å². The van der Waals surface area contributed by atoms with Crippen molar-refractivity contribution in [3.8, 4) is 0 Å². The van der Waals surface area contributed by atoms with Crippen LogP contribution in [0.15, 0.2) is 0 Å². The first kappa shape index (κ1) is 21.8. The number of aliphatic hydroxyl groups is 1. The van der Waals surface area contributed by atoms with Crippen molar-refractivity contribution in [3.05, 3.63) is 0 Å². The highest BCUT2D eigenvalue weighted by molar-refractivity contribution is 5.15. The molecule has 1 nitrogen and oxygen atoms in total. The van der Waals surface area contributed by atoms with Crippen molar-refractivity contribution in [2.45, 2.75) is 119 Å². The van der Waals surface area contributed by atoms with Crippen molar-refractivity contribution in [1.82, 2.24) is 0 Å². The summed E-state index contributed by atoms with van der Waals surface area (Å²) in [6, 6.07) is 0. The van der Waals surface area contributed by atoms with E-state index in [1.54, 1.807) is 0 Å². The lowest BCUT2D eigenvalue weighted by atomic mass is 9.36. The largest absolute Gasteiger partial charge is 0.393 e. The molecule has 0 radical (unpaired) electrons. The van der Waals surface area contributed by atoms with Crippen LogP contribution in [0, 0.1) is 63.1 Å². The summed E-state index contributed by atoms with van der Waals surface area (Å²) in [6.07, 6.45) is 13.9. The van der Waals surface area contributed by atoms with Gasteiger partial charge in [0, 0.05) is 0 Å². The quantitative estimate of drug-likeness (QED) is 0.465. The molecule has 0 saturated heterocycles. The lowest BCUT2D eigenvalue weighted by Crippen LogP contribution is -2.63. The van der Waals surface area contributed by atoms with Gasteiger partial charge >= 0.3 is 0 Å². The molecule has 1 heteroatoms. The Labute approximate surface area is 187 Å². The first-order valence-electron chi connectivity index (χ1n) is 13.6. The van der Waals surface area contributed by atoms with Crippen LogP contribution < -0.4 is 0 Å². The molecule has 5 aliphatic rings. The van der Waals surface area contributed by atoms with Crippen LogP contribution >= 0.6 is 0 Å². The van der Waals surface area contributed by atoms with E-state index in [2.05, 4.69) is 48.5 Å². The Hall–Kier alpha value is -0.0400. The third-order valence-corrected chi connectivity index (χ3v) is 12.9. The minimum atomic E-state index is -0.100. The van der Waals surface area contributed by atoms with Gasteiger partial charge in [-0.1, -0.05) is 48.5 Å². The molecule has 0 aromatic carbocycles. The van der Waals surface area contributed by atoms with Gasteiger partial charge in [0.15, 0.2) is 0 Å². The molecule has 5 aliphatic carbocycles. The van der Waals surface area contributed by atoms with Crippen molar-refractivity contribution in [2.24, 2.45) is 63.1 Å². The fourth-order valence-corrected chi connectivity index (χ4v) is 11.4. The topological polar surface area (TPSA) is 20.2 Å². The zero-order chi connectivity index (χ0) is 21.7. The maximum absolute atomic E-state index is 10.9. The van der Waals surface area contributed by atoms with E-state index in [-0.39, 0.29) is 11.5 Å². The van der Waals surface area contributed by atoms with E-state index in [1.807, 2.05) is 0 Å². The first-order chi connectivity index (χ1) is 13.9. The van der Waals surface area contributed by atoms with Gasteiger partial charge in [-0.2, -0.15) is 0 Å². The second kappa shape index (κ2) is 6.74. The van der Waals surface area contributed by atoms with E-state index in [9.17, 15) is 5.11 Å². The van der Waals surface area contributed by atoms with Crippen molar-refractivity contribution in [2.75, 3.05) is 0 Å². The van der Waals surface area contributed by atoms with Crippen LogP contribution in [-0.2, 0) is 0 Å². The highest BCUT2D eigenvalue weighted by Gasteiger charge is 2.66. The predicted octanol–water partition coefficient (Wildman–Crippen LogP) is 7.71. The molecule has 30 heavy (non-hydrogen) atoms. The molecule has 5 saturated carbocycles. The maximum atomic E-state index is 10.9. The number of fused-ring (bicyclic) bond motifs is 7. The molecule has 0 bridgehead atoms. The number of hydrogen-bond donors (Lipinski definition) is 1. The van der Waals surface area contributed by atoms with Crippen LogP contribution in [0.25, 0.3) is 0 Å². The predicted molar refractivity (Wildman–Crippen MR) is 126 cm³/mol. The zero-order valence-electron chi connectivity index (χ0n) is 21.1. The Balaban J connectivity index is 1.49. The summed E-state index contributed by atoms with van der Waals surface area (Å²) >= 11 is 0. The number of hydrogen-bond acceptors (Lipinski definition) is 1. The van der Waals surface area contributed by atoms with Gasteiger partial charge in [-0.15, -0.1) is 0 Å². The zero-order valence-corrected chi connectivity index (χ0v) is 21.1. The Morgan fingerprint density at radius 3 is 2.07 bits per heavy atom. The second-order valence-electron chi connectivity index (χ2n) is 14.5. The number of rotatable bonds is 1. The summed E-state index contributed by atoms with van der Waals surface area (Å²) in [7, 11) is 0. The molecule has 1 N–H and O–H groups in total. The molecule has 0 spiro atoms. The smallest absolute Gasteiger partial charge is 0.0594 e. The van der Waals surface area contributed by atoms with E-state index in [1.165, 1.54) is 57.8 Å². The number of aliphatic hydroxyl groups excluding tert-OH is 1.